The van der Waals surface area contributed by atoms with Crippen molar-refractivity contribution in [2.24, 2.45) is 0 Å². The molecule has 7 heteroatoms. The molecule has 1 N–H and O–H groups in total. The van der Waals surface area contributed by atoms with Gasteiger partial charge in [-0.15, -0.1) is 0 Å². The number of para-hydroxylation sites is 2. The molecular weight excluding hydrogens is 418 g/mol. The van der Waals surface area contributed by atoms with Crippen molar-refractivity contribution in [2.75, 3.05) is 36.4 Å². The maximum absolute atomic E-state index is 13.3. The van der Waals surface area contributed by atoms with Gasteiger partial charge >= 0.3 is 0 Å². The van der Waals surface area contributed by atoms with Crippen molar-refractivity contribution in [2.45, 2.75) is 6.92 Å². The number of piperazine rings is 1. The third-order valence-corrected chi connectivity index (χ3v) is 5.82. The molecule has 4 rings (SSSR count). The van der Waals surface area contributed by atoms with Gasteiger partial charge in [-0.05, 0) is 36.8 Å². The second kappa shape index (κ2) is 9.56. The van der Waals surface area contributed by atoms with Gasteiger partial charge < -0.3 is 25.0 Å². The van der Waals surface area contributed by atoms with Gasteiger partial charge in [0.05, 0.1) is 17.2 Å². The van der Waals surface area contributed by atoms with Crippen LogP contribution in [0.2, 0.25) is 0 Å². The molecule has 168 valence electrons. The molecule has 0 spiro atoms. The average Bonchev–Trinajstić information content (AvgIpc) is 2.84. The highest BCUT2D eigenvalue weighted by Crippen LogP contribution is 2.23. The van der Waals surface area contributed by atoms with Crippen molar-refractivity contribution >= 4 is 29.2 Å². The highest BCUT2D eigenvalue weighted by atomic mass is 16.4. The van der Waals surface area contributed by atoms with Crippen molar-refractivity contribution in [1.29, 1.82) is 0 Å². The molecule has 1 aliphatic rings. The molecule has 1 fully saturated rings. The lowest BCUT2D eigenvalue weighted by Crippen LogP contribution is -2.49. The van der Waals surface area contributed by atoms with Gasteiger partial charge in [0, 0.05) is 43.0 Å². The summed E-state index contributed by atoms with van der Waals surface area (Å²) in [4.78, 5) is 41.5. The van der Waals surface area contributed by atoms with Crippen LogP contribution in [-0.4, -0.2) is 48.9 Å². The van der Waals surface area contributed by atoms with E-state index in [4.69, 9.17) is 0 Å². The van der Waals surface area contributed by atoms with Crippen LogP contribution >= 0.6 is 0 Å². The minimum atomic E-state index is -1.43. The third-order valence-electron chi connectivity index (χ3n) is 5.82. The summed E-state index contributed by atoms with van der Waals surface area (Å²) in [6.07, 6.45) is 0. The number of carbonyl (C=O) groups is 3. The number of rotatable bonds is 5. The van der Waals surface area contributed by atoms with Crippen LogP contribution in [0.4, 0.5) is 11.4 Å². The molecule has 0 unspecified atom stereocenters. The summed E-state index contributed by atoms with van der Waals surface area (Å²) in [7, 11) is 0. The van der Waals surface area contributed by atoms with E-state index in [9.17, 15) is 19.5 Å². The van der Waals surface area contributed by atoms with Gasteiger partial charge in [0.15, 0.2) is 0 Å². The van der Waals surface area contributed by atoms with E-state index in [2.05, 4.69) is 29.3 Å². The summed E-state index contributed by atoms with van der Waals surface area (Å²) >= 11 is 0. The SMILES string of the molecule is Cc1ccccc1N1CCN(C(=O)c2ccccc2NC(=O)c2ccccc2C(=O)[O-])CC1. The van der Waals surface area contributed by atoms with Crippen molar-refractivity contribution in [1.82, 2.24) is 4.90 Å². The maximum atomic E-state index is 13.3. The number of anilines is 2. The van der Waals surface area contributed by atoms with E-state index in [1.54, 1.807) is 35.2 Å². The second-order valence-electron chi connectivity index (χ2n) is 7.90. The smallest absolute Gasteiger partial charge is 0.256 e. The van der Waals surface area contributed by atoms with E-state index in [0.29, 0.717) is 37.4 Å². The van der Waals surface area contributed by atoms with Crippen LogP contribution in [0, 0.1) is 6.92 Å². The normalized spacial score (nSPS) is 13.5. The molecule has 0 aliphatic carbocycles. The van der Waals surface area contributed by atoms with Gasteiger partial charge in [-0.1, -0.05) is 48.5 Å². The van der Waals surface area contributed by atoms with Crippen molar-refractivity contribution < 1.29 is 19.5 Å². The Morgan fingerprint density at radius 3 is 2.00 bits per heavy atom. The minimum absolute atomic E-state index is 0.0217. The van der Waals surface area contributed by atoms with Crippen LogP contribution in [0.5, 0.6) is 0 Å². The number of aryl methyl sites for hydroxylation is 1. The molecule has 1 heterocycles. The lowest BCUT2D eigenvalue weighted by Gasteiger charge is -2.37. The molecule has 2 amide bonds. The predicted octanol–water partition coefficient (Wildman–Crippen LogP) is 2.57. The van der Waals surface area contributed by atoms with Gasteiger partial charge in [0.25, 0.3) is 11.8 Å². The number of amides is 2. The van der Waals surface area contributed by atoms with Crippen molar-refractivity contribution in [3.63, 3.8) is 0 Å². The quantitative estimate of drug-likeness (QED) is 0.656. The lowest BCUT2D eigenvalue weighted by atomic mass is 10.1. The number of carboxylic acids is 1. The van der Waals surface area contributed by atoms with Gasteiger partial charge in [-0.2, -0.15) is 0 Å². The van der Waals surface area contributed by atoms with Crippen LogP contribution in [0.15, 0.2) is 72.8 Å². The zero-order valence-electron chi connectivity index (χ0n) is 18.3. The Morgan fingerprint density at radius 2 is 1.33 bits per heavy atom. The number of aromatic carboxylic acids is 1. The van der Waals surface area contributed by atoms with E-state index >= 15 is 0 Å². The van der Waals surface area contributed by atoms with E-state index in [-0.39, 0.29) is 17.0 Å². The predicted molar refractivity (Wildman–Crippen MR) is 124 cm³/mol. The first-order valence-corrected chi connectivity index (χ1v) is 10.8. The molecule has 33 heavy (non-hydrogen) atoms. The molecule has 0 atom stereocenters. The Morgan fingerprint density at radius 1 is 0.758 bits per heavy atom. The largest absolute Gasteiger partial charge is 0.545 e. The van der Waals surface area contributed by atoms with Crippen LogP contribution in [-0.2, 0) is 0 Å². The van der Waals surface area contributed by atoms with Crippen LogP contribution in [0.3, 0.4) is 0 Å². The molecule has 0 radical (unpaired) electrons. The number of carbonyl (C=O) groups excluding carboxylic acids is 3. The van der Waals surface area contributed by atoms with E-state index < -0.39 is 11.9 Å². The number of benzene rings is 3. The average molecular weight is 442 g/mol. The molecular formula is C26H24N3O4-. The molecule has 3 aromatic carbocycles. The Kier molecular flexibility index (Phi) is 6.40. The van der Waals surface area contributed by atoms with Crippen molar-refractivity contribution in [3.05, 3.63) is 95.1 Å². The Hall–Kier alpha value is -4.13. The Bertz CT molecular complexity index is 1200. The summed E-state index contributed by atoms with van der Waals surface area (Å²) in [6.45, 7) is 4.62. The van der Waals surface area contributed by atoms with Crippen LogP contribution in [0.25, 0.3) is 0 Å². The minimum Gasteiger partial charge on any atom is -0.545 e. The monoisotopic (exact) mass is 442 g/mol. The summed E-state index contributed by atoms with van der Waals surface area (Å²) < 4.78 is 0. The first-order valence-electron chi connectivity index (χ1n) is 10.8. The summed E-state index contributed by atoms with van der Waals surface area (Å²) in [5.74, 6) is -2.22. The number of hydrogen-bond acceptors (Lipinski definition) is 5. The van der Waals surface area contributed by atoms with Crippen molar-refractivity contribution in [3.8, 4) is 0 Å². The molecule has 1 aliphatic heterocycles. The fraction of sp³-hybridized carbons (Fsp3) is 0.192. The number of carboxylic acid groups (broad SMARTS) is 1. The Labute approximate surface area is 192 Å². The first-order chi connectivity index (χ1) is 16.0. The van der Waals surface area contributed by atoms with E-state index in [1.165, 1.54) is 29.4 Å². The number of nitrogens with one attached hydrogen (secondary N) is 1. The van der Waals surface area contributed by atoms with Gasteiger partial charge in [0.1, 0.15) is 0 Å². The zero-order chi connectivity index (χ0) is 23.4. The summed E-state index contributed by atoms with van der Waals surface area (Å²) in [6, 6.07) is 20.8. The highest BCUT2D eigenvalue weighted by molar-refractivity contribution is 6.12. The Balaban J connectivity index is 1.49. The maximum Gasteiger partial charge on any atom is 0.256 e. The fourth-order valence-corrected chi connectivity index (χ4v) is 4.07. The topological polar surface area (TPSA) is 92.8 Å². The lowest BCUT2D eigenvalue weighted by molar-refractivity contribution is -0.255. The molecule has 3 aromatic rings. The zero-order valence-corrected chi connectivity index (χ0v) is 18.3. The molecule has 1 saturated heterocycles. The summed E-state index contributed by atoms with van der Waals surface area (Å²) in [5.41, 5.74) is 2.84. The van der Waals surface area contributed by atoms with E-state index in [1.807, 2.05) is 12.1 Å². The summed E-state index contributed by atoms with van der Waals surface area (Å²) in [5, 5.41) is 14.1. The molecule has 0 aromatic heterocycles. The number of nitrogens with zero attached hydrogens (tertiary/aromatic N) is 2. The fourth-order valence-electron chi connectivity index (χ4n) is 4.07. The van der Waals surface area contributed by atoms with Crippen LogP contribution < -0.4 is 15.3 Å². The standard InChI is InChI=1S/C26H25N3O4/c1-18-8-2-7-13-23(18)28-14-16-29(17-15-28)25(31)21-11-5-6-12-22(21)27-24(30)19-9-3-4-10-20(19)26(32)33/h2-13H,14-17H2,1H3,(H,27,30)(H,32,33)/p-1. The molecule has 0 bridgehead atoms. The molecule has 7 nitrogen and oxygen atoms in total. The van der Waals surface area contributed by atoms with Gasteiger partial charge in [-0.25, -0.2) is 0 Å². The highest BCUT2D eigenvalue weighted by Gasteiger charge is 2.25. The molecule has 0 saturated carbocycles. The number of hydrogen-bond donors (Lipinski definition) is 1. The van der Waals surface area contributed by atoms with Gasteiger partial charge in [0.2, 0.25) is 0 Å². The third kappa shape index (κ3) is 4.72. The second-order valence-corrected chi connectivity index (χ2v) is 7.90. The van der Waals surface area contributed by atoms with Gasteiger partial charge in [-0.3, -0.25) is 9.59 Å². The van der Waals surface area contributed by atoms with Crippen LogP contribution in [0.1, 0.15) is 36.6 Å². The first kappa shape index (κ1) is 22.1. The van der Waals surface area contributed by atoms with E-state index in [0.717, 1.165) is 0 Å².